The first-order valence-corrected chi connectivity index (χ1v) is 5.73. The lowest BCUT2D eigenvalue weighted by Crippen LogP contribution is -2.05. The molecule has 0 aliphatic rings. The lowest BCUT2D eigenvalue weighted by molar-refractivity contribution is 0.215. The first-order valence-electron chi connectivity index (χ1n) is 5.73. The molecule has 0 radical (unpaired) electrons. The van der Waals surface area contributed by atoms with E-state index >= 15 is 0 Å². The summed E-state index contributed by atoms with van der Waals surface area (Å²) in [6.07, 6.45) is 3.58. The maximum absolute atomic E-state index is 4.66. The molecule has 0 spiro atoms. The zero-order valence-corrected chi connectivity index (χ0v) is 10.4. The number of oxime groups is 1. The van der Waals surface area contributed by atoms with Crippen LogP contribution in [0.1, 0.15) is 19.4 Å². The number of nitrogens with zero attached hydrogens (tertiary/aromatic N) is 3. The third kappa shape index (κ3) is 2.64. The third-order valence-corrected chi connectivity index (χ3v) is 2.51. The molecule has 0 atom stereocenters. The van der Waals surface area contributed by atoms with E-state index in [1.807, 2.05) is 16.9 Å². The molecule has 2 aromatic rings. The van der Waals surface area contributed by atoms with Crippen LogP contribution in [0.3, 0.4) is 0 Å². The highest BCUT2D eigenvalue weighted by molar-refractivity contribution is 5.88. The van der Waals surface area contributed by atoms with Crippen LogP contribution in [0.15, 0.2) is 29.6 Å². The van der Waals surface area contributed by atoms with Gasteiger partial charge in [-0.25, -0.2) is 0 Å². The van der Waals surface area contributed by atoms with Crippen LogP contribution < -0.4 is 0 Å². The Morgan fingerprint density at radius 1 is 1.47 bits per heavy atom. The zero-order chi connectivity index (χ0) is 12.3. The zero-order valence-electron chi connectivity index (χ0n) is 10.4. The van der Waals surface area contributed by atoms with Gasteiger partial charge >= 0.3 is 0 Å². The fourth-order valence-electron chi connectivity index (χ4n) is 1.79. The molecule has 0 bridgehead atoms. The first-order chi connectivity index (χ1) is 8.20. The van der Waals surface area contributed by atoms with E-state index in [2.05, 4.69) is 41.1 Å². The van der Waals surface area contributed by atoms with Crippen LogP contribution in [0.5, 0.6) is 0 Å². The van der Waals surface area contributed by atoms with E-state index in [9.17, 15) is 0 Å². The van der Waals surface area contributed by atoms with Crippen molar-refractivity contribution in [3.8, 4) is 0 Å². The molecule has 90 valence electrons. The van der Waals surface area contributed by atoms with E-state index in [0.717, 1.165) is 23.0 Å². The Morgan fingerprint density at radius 3 is 3.00 bits per heavy atom. The smallest absolute Gasteiger partial charge is 0.106 e. The van der Waals surface area contributed by atoms with Crippen molar-refractivity contribution in [2.24, 2.45) is 11.1 Å². The second-order valence-electron chi connectivity index (χ2n) is 4.46. The fourth-order valence-corrected chi connectivity index (χ4v) is 1.79. The van der Waals surface area contributed by atoms with Crippen molar-refractivity contribution in [2.75, 3.05) is 7.11 Å². The van der Waals surface area contributed by atoms with Gasteiger partial charge < -0.3 is 4.84 Å². The Labute approximate surface area is 101 Å². The van der Waals surface area contributed by atoms with E-state index in [0.29, 0.717) is 5.92 Å². The summed E-state index contributed by atoms with van der Waals surface area (Å²) < 4.78 is 2.04. The maximum atomic E-state index is 4.66. The summed E-state index contributed by atoms with van der Waals surface area (Å²) >= 11 is 0. The molecule has 0 N–H and O–H groups in total. The van der Waals surface area contributed by atoms with Crippen molar-refractivity contribution in [1.82, 2.24) is 9.78 Å². The summed E-state index contributed by atoms with van der Waals surface area (Å²) in [5.74, 6) is 0.591. The Kier molecular flexibility index (Phi) is 3.42. The predicted octanol–water partition coefficient (Wildman–Crippen LogP) is 2.67. The molecule has 0 fully saturated rings. The minimum atomic E-state index is 0.591. The van der Waals surface area contributed by atoms with Gasteiger partial charge in [-0.3, -0.25) is 4.68 Å². The highest BCUT2D eigenvalue weighted by Gasteiger charge is 2.04. The van der Waals surface area contributed by atoms with Gasteiger partial charge in [0.25, 0.3) is 0 Å². The second-order valence-corrected chi connectivity index (χ2v) is 4.46. The van der Waals surface area contributed by atoms with E-state index in [4.69, 9.17) is 0 Å². The molecule has 0 saturated carbocycles. The molecule has 0 aliphatic carbocycles. The van der Waals surface area contributed by atoms with Gasteiger partial charge in [-0.1, -0.05) is 25.1 Å². The first kappa shape index (κ1) is 11.6. The van der Waals surface area contributed by atoms with Crippen LogP contribution in [-0.4, -0.2) is 23.1 Å². The Hall–Kier alpha value is -1.84. The van der Waals surface area contributed by atoms with E-state index in [1.165, 1.54) is 7.11 Å². The summed E-state index contributed by atoms with van der Waals surface area (Å²) in [5, 5.41) is 9.28. The second kappa shape index (κ2) is 4.99. The van der Waals surface area contributed by atoms with Gasteiger partial charge in [-0.15, -0.1) is 0 Å². The van der Waals surface area contributed by atoms with Gasteiger partial charge in [0.15, 0.2) is 0 Å². The molecular weight excluding hydrogens is 214 g/mol. The van der Waals surface area contributed by atoms with Crippen molar-refractivity contribution >= 4 is 17.1 Å². The highest BCUT2D eigenvalue weighted by atomic mass is 16.6. The van der Waals surface area contributed by atoms with Crippen molar-refractivity contribution in [3.05, 3.63) is 30.0 Å². The normalized spacial score (nSPS) is 11.8. The Balaban J connectivity index is 2.34. The lowest BCUT2D eigenvalue weighted by Gasteiger charge is -2.06. The number of rotatable bonds is 4. The minimum Gasteiger partial charge on any atom is -0.399 e. The van der Waals surface area contributed by atoms with Crippen LogP contribution in [0.2, 0.25) is 0 Å². The van der Waals surface area contributed by atoms with Crippen molar-refractivity contribution < 1.29 is 4.84 Å². The average molecular weight is 231 g/mol. The van der Waals surface area contributed by atoms with Crippen molar-refractivity contribution in [3.63, 3.8) is 0 Å². The number of benzene rings is 1. The molecule has 17 heavy (non-hydrogen) atoms. The van der Waals surface area contributed by atoms with Gasteiger partial charge in [0.2, 0.25) is 0 Å². The van der Waals surface area contributed by atoms with Gasteiger partial charge in [-0.2, -0.15) is 5.10 Å². The van der Waals surface area contributed by atoms with E-state index in [-0.39, 0.29) is 0 Å². The molecule has 2 rings (SSSR count). The van der Waals surface area contributed by atoms with Crippen LogP contribution in [0.4, 0.5) is 0 Å². The number of hydrogen-bond acceptors (Lipinski definition) is 3. The molecule has 4 nitrogen and oxygen atoms in total. The molecule has 1 aromatic heterocycles. The van der Waals surface area contributed by atoms with Crippen LogP contribution in [0.25, 0.3) is 10.9 Å². The molecule has 0 saturated heterocycles. The van der Waals surface area contributed by atoms with Crippen LogP contribution in [0, 0.1) is 5.92 Å². The van der Waals surface area contributed by atoms with Crippen LogP contribution >= 0.6 is 0 Å². The number of hydrogen-bond donors (Lipinski definition) is 0. The number of fused-ring (bicyclic) bond motifs is 1. The SMILES string of the molecule is CON=Cc1ccc2c(cnn2CC(C)C)c1. The standard InChI is InChI=1S/C13H17N3O/c1-10(2)9-16-13-5-4-11(7-15-17-3)6-12(13)8-14-16/h4-8,10H,9H2,1-3H3. The molecule has 4 heteroatoms. The molecule has 0 aliphatic heterocycles. The fraction of sp³-hybridized carbons (Fsp3) is 0.385. The van der Waals surface area contributed by atoms with Crippen molar-refractivity contribution in [2.45, 2.75) is 20.4 Å². The highest BCUT2D eigenvalue weighted by Crippen LogP contribution is 2.16. The molecular formula is C13H17N3O. The monoisotopic (exact) mass is 231 g/mol. The summed E-state index contributed by atoms with van der Waals surface area (Å²) in [6, 6.07) is 6.15. The Morgan fingerprint density at radius 2 is 2.29 bits per heavy atom. The summed E-state index contributed by atoms with van der Waals surface area (Å²) in [4.78, 5) is 4.66. The molecule has 0 unspecified atom stereocenters. The van der Waals surface area contributed by atoms with E-state index < -0.39 is 0 Å². The van der Waals surface area contributed by atoms with Gasteiger partial charge in [0, 0.05) is 11.9 Å². The molecule has 0 amide bonds. The average Bonchev–Trinajstić information content (AvgIpc) is 2.68. The topological polar surface area (TPSA) is 39.4 Å². The maximum Gasteiger partial charge on any atom is 0.106 e. The van der Waals surface area contributed by atoms with Gasteiger partial charge in [0.1, 0.15) is 7.11 Å². The van der Waals surface area contributed by atoms with Crippen LogP contribution in [-0.2, 0) is 11.4 Å². The molecule has 1 heterocycles. The predicted molar refractivity (Wildman–Crippen MR) is 69.2 cm³/mol. The molecule has 1 aromatic carbocycles. The lowest BCUT2D eigenvalue weighted by atomic mass is 10.1. The third-order valence-electron chi connectivity index (χ3n) is 2.51. The Bertz CT molecular complexity index is 528. The summed E-state index contributed by atoms with van der Waals surface area (Å²) in [5.41, 5.74) is 2.18. The van der Waals surface area contributed by atoms with E-state index in [1.54, 1.807) is 6.21 Å². The summed E-state index contributed by atoms with van der Waals surface area (Å²) in [7, 11) is 1.54. The quantitative estimate of drug-likeness (QED) is 0.599. The van der Waals surface area contributed by atoms with Gasteiger partial charge in [-0.05, 0) is 23.6 Å². The summed E-state index contributed by atoms with van der Waals surface area (Å²) in [6.45, 7) is 5.31. The minimum absolute atomic E-state index is 0.591. The van der Waals surface area contributed by atoms with Crippen molar-refractivity contribution in [1.29, 1.82) is 0 Å². The number of aromatic nitrogens is 2. The largest absolute Gasteiger partial charge is 0.399 e. The van der Waals surface area contributed by atoms with Gasteiger partial charge in [0.05, 0.1) is 17.9 Å².